The van der Waals surface area contributed by atoms with E-state index in [2.05, 4.69) is 26.2 Å². The summed E-state index contributed by atoms with van der Waals surface area (Å²) in [7, 11) is 0. The minimum absolute atomic E-state index is 0.0141. The van der Waals surface area contributed by atoms with Crippen molar-refractivity contribution in [2.24, 2.45) is 0 Å². The number of hydrogen-bond donors (Lipinski definition) is 3. The van der Waals surface area contributed by atoms with Gasteiger partial charge in [-0.1, -0.05) is 0 Å². The Bertz CT molecular complexity index is 1210. The highest BCUT2D eigenvalue weighted by atomic mass is 79.9. The number of carbonyl (C=O) groups is 1. The Balaban J connectivity index is 2.09. The molecule has 31 heavy (non-hydrogen) atoms. The van der Waals surface area contributed by atoms with Gasteiger partial charge >= 0.3 is 0 Å². The minimum atomic E-state index is -0.834. The van der Waals surface area contributed by atoms with Gasteiger partial charge in [0.1, 0.15) is 40.9 Å². The first-order valence-electron chi connectivity index (χ1n) is 8.91. The predicted octanol–water partition coefficient (Wildman–Crippen LogP) is 4.04. The van der Waals surface area contributed by atoms with Gasteiger partial charge in [-0.25, -0.2) is 13.2 Å². The van der Waals surface area contributed by atoms with E-state index < -0.39 is 35.5 Å². The van der Waals surface area contributed by atoms with E-state index in [1.165, 1.54) is 25.1 Å². The van der Waals surface area contributed by atoms with Gasteiger partial charge in [0.15, 0.2) is 0 Å². The fourth-order valence-corrected chi connectivity index (χ4v) is 3.33. The Hall–Kier alpha value is -3.11. The summed E-state index contributed by atoms with van der Waals surface area (Å²) in [5.74, 6) is -3.02. The highest BCUT2D eigenvalue weighted by molar-refractivity contribution is 9.10. The molecule has 0 unspecified atom stereocenters. The van der Waals surface area contributed by atoms with Crippen molar-refractivity contribution in [3.63, 3.8) is 0 Å². The van der Waals surface area contributed by atoms with Crippen LogP contribution in [0.5, 0.6) is 5.75 Å². The normalized spacial score (nSPS) is 10.8. The van der Waals surface area contributed by atoms with Crippen LogP contribution in [0, 0.1) is 24.4 Å². The second-order valence-electron chi connectivity index (χ2n) is 6.52. The van der Waals surface area contributed by atoms with Gasteiger partial charge in [-0.3, -0.25) is 9.59 Å². The maximum Gasteiger partial charge on any atom is 0.266 e. The van der Waals surface area contributed by atoms with Crippen LogP contribution in [-0.2, 0) is 11.4 Å². The highest BCUT2D eigenvalue weighted by Gasteiger charge is 2.21. The minimum Gasteiger partial charge on any atom is -0.487 e. The maximum atomic E-state index is 14.7. The van der Waals surface area contributed by atoms with Crippen LogP contribution < -0.4 is 15.6 Å². The fourth-order valence-electron chi connectivity index (χ4n) is 2.91. The first kappa shape index (κ1) is 22.6. The molecule has 0 aliphatic rings. The van der Waals surface area contributed by atoms with Crippen LogP contribution in [0.15, 0.2) is 45.7 Å². The van der Waals surface area contributed by atoms with Crippen molar-refractivity contribution in [3.05, 3.63) is 79.9 Å². The number of anilines is 1. The van der Waals surface area contributed by atoms with Crippen molar-refractivity contribution < 1.29 is 27.8 Å². The molecule has 0 aliphatic heterocycles. The quantitative estimate of drug-likeness (QED) is 0.480. The number of aromatic amines is 1. The van der Waals surface area contributed by atoms with Crippen LogP contribution in [0.25, 0.3) is 11.1 Å². The number of rotatable bonds is 6. The fraction of sp³-hybridized carbons (Fsp3) is 0.143. The zero-order chi connectivity index (χ0) is 22.7. The largest absolute Gasteiger partial charge is 0.487 e. The third kappa shape index (κ3) is 4.97. The lowest BCUT2D eigenvalue weighted by molar-refractivity contribution is -0.118. The van der Waals surface area contributed by atoms with Crippen molar-refractivity contribution >= 4 is 27.5 Å². The predicted molar refractivity (Wildman–Crippen MR) is 111 cm³/mol. The van der Waals surface area contributed by atoms with Gasteiger partial charge < -0.3 is 20.1 Å². The molecule has 10 heteroatoms. The van der Waals surface area contributed by atoms with Crippen LogP contribution in [-0.4, -0.2) is 22.6 Å². The number of halogens is 4. The van der Waals surface area contributed by atoms with Crippen molar-refractivity contribution in [1.29, 1.82) is 0 Å². The molecular formula is C21H16BrF3N2O4. The van der Waals surface area contributed by atoms with Crippen LogP contribution >= 0.6 is 15.9 Å². The molecule has 0 bridgehead atoms. The monoisotopic (exact) mass is 496 g/mol. The molecule has 2 aromatic carbocycles. The van der Waals surface area contributed by atoms with E-state index in [9.17, 15) is 22.8 Å². The Morgan fingerprint density at radius 3 is 2.58 bits per heavy atom. The molecular weight excluding hydrogens is 481 g/mol. The number of H-pyrrole nitrogens is 1. The summed E-state index contributed by atoms with van der Waals surface area (Å²) >= 11 is 3.11. The van der Waals surface area contributed by atoms with E-state index in [1.807, 2.05) is 0 Å². The number of aliphatic hydroxyl groups excluding tert-OH is 1. The molecule has 3 rings (SSSR count). The van der Waals surface area contributed by atoms with E-state index in [1.54, 1.807) is 0 Å². The zero-order valence-corrected chi connectivity index (χ0v) is 17.6. The van der Waals surface area contributed by atoms with Gasteiger partial charge in [0.2, 0.25) is 5.91 Å². The standard InChI is InChI=1S/C21H16BrF3N2O4/c1-10-18(14-7-13(4-5-15(14)24)27-17(29)8-28)20(19(22)21(30)26-10)31-9-11-2-3-12(23)6-16(11)25/h2-7,28H,8-9H2,1H3,(H,26,30)(H,27,29). The molecule has 0 atom stereocenters. The number of amides is 1. The van der Waals surface area contributed by atoms with Crippen molar-refractivity contribution in [2.75, 3.05) is 11.9 Å². The molecule has 0 fully saturated rings. The second-order valence-corrected chi connectivity index (χ2v) is 7.32. The molecule has 3 N–H and O–H groups in total. The molecule has 1 amide bonds. The van der Waals surface area contributed by atoms with Crippen molar-refractivity contribution in [2.45, 2.75) is 13.5 Å². The van der Waals surface area contributed by atoms with E-state index >= 15 is 0 Å². The van der Waals surface area contributed by atoms with Crippen LogP contribution in [0.2, 0.25) is 0 Å². The summed E-state index contributed by atoms with van der Waals surface area (Å²) in [6.45, 7) is 0.406. The number of benzene rings is 2. The summed E-state index contributed by atoms with van der Waals surface area (Å²) in [4.78, 5) is 26.2. The van der Waals surface area contributed by atoms with Crippen LogP contribution in [0.4, 0.5) is 18.9 Å². The van der Waals surface area contributed by atoms with Gasteiger partial charge in [-0.2, -0.15) is 0 Å². The first-order valence-corrected chi connectivity index (χ1v) is 9.70. The molecule has 0 aliphatic carbocycles. The zero-order valence-electron chi connectivity index (χ0n) is 16.1. The molecule has 0 saturated carbocycles. The number of nitrogens with one attached hydrogen (secondary N) is 2. The summed E-state index contributed by atoms with van der Waals surface area (Å²) in [6.07, 6.45) is 0. The number of aryl methyl sites for hydroxylation is 1. The number of aliphatic hydroxyl groups is 1. The van der Waals surface area contributed by atoms with Crippen LogP contribution in [0.1, 0.15) is 11.3 Å². The Morgan fingerprint density at radius 1 is 1.16 bits per heavy atom. The van der Waals surface area contributed by atoms with E-state index in [-0.39, 0.29) is 44.9 Å². The molecule has 1 heterocycles. The SMILES string of the molecule is Cc1[nH]c(=O)c(Br)c(OCc2ccc(F)cc2F)c1-c1cc(NC(=O)CO)ccc1F. The lowest BCUT2D eigenvalue weighted by Crippen LogP contribution is -2.16. The third-order valence-corrected chi connectivity index (χ3v) is 5.07. The summed E-state index contributed by atoms with van der Waals surface area (Å²) in [5.41, 5.74) is 0.0777. The lowest BCUT2D eigenvalue weighted by atomic mass is 10.0. The van der Waals surface area contributed by atoms with Gasteiger partial charge in [0, 0.05) is 34.1 Å². The van der Waals surface area contributed by atoms with Gasteiger partial charge in [0.05, 0.1) is 0 Å². The molecule has 6 nitrogen and oxygen atoms in total. The number of ether oxygens (including phenoxy) is 1. The van der Waals surface area contributed by atoms with E-state index in [4.69, 9.17) is 9.84 Å². The van der Waals surface area contributed by atoms with Crippen LogP contribution in [0.3, 0.4) is 0 Å². The maximum absolute atomic E-state index is 14.7. The molecule has 0 saturated heterocycles. The molecule has 0 spiro atoms. The first-order chi connectivity index (χ1) is 14.7. The Kier molecular flexibility index (Phi) is 6.81. The average molecular weight is 497 g/mol. The summed E-state index contributed by atoms with van der Waals surface area (Å²) in [6, 6.07) is 6.67. The number of aromatic nitrogens is 1. The van der Waals surface area contributed by atoms with E-state index in [0.29, 0.717) is 6.07 Å². The van der Waals surface area contributed by atoms with E-state index in [0.717, 1.165) is 12.1 Å². The van der Waals surface area contributed by atoms with Gasteiger partial charge in [-0.15, -0.1) is 0 Å². The van der Waals surface area contributed by atoms with Gasteiger partial charge in [-0.05, 0) is 53.2 Å². The second kappa shape index (κ2) is 9.36. The molecule has 1 aromatic heterocycles. The molecule has 162 valence electrons. The number of hydrogen-bond acceptors (Lipinski definition) is 4. The molecule has 0 radical (unpaired) electrons. The molecule has 3 aromatic rings. The van der Waals surface area contributed by atoms with Crippen molar-refractivity contribution in [1.82, 2.24) is 4.98 Å². The summed E-state index contributed by atoms with van der Waals surface area (Å²) in [5, 5.41) is 11.3. The topological polar surface area (TPSA) is 91.4 Å². The number of carbonyl (C=O) groups excluding carboxylic acids is 1. The lowest BCUT2D eigenvalue weighted by Gasteiger charge is -2.17. The van der Waals surface area contributed by atoms with Crippen molar-refractivity contribution in [3.8, 4) is 16.9 Å². The van der Waals surface area contributed by atoms with Gasteiger partial charge in [0.25, 0.3) is 5.56 Å². The third-order valence-electron chi connectivity index (χ3n) is 4.35. The Labute approximate surface area is 182 Å². The average Bonchev–Trinajstić information content (AvgIpc) is 2.72. The summed E-state index contributed by atoms with van der Waals surface area (Å²) < 4.78 is 47.5. The highest BCUT2D eigenvalue weighted by Crippen LogP contribution is 2.39. The Morgan fingerprint density at radius 2 is 1.90 bits per heavy atom. The number of pyridine rings is 1. The smallest absolute Gasteiger partial charge is 0.266 e.